The normalized spacial score (nSPS) is 11.8. The van der Waals surface area contributed by atoms with Crippen molar-refractivity contribution >= 4 is 10.0 Å². The number of sulfonamides is 1. The minimum Gasteiger partial charge on any atom is -0.313 e. The van der Waals surface area contributed by atoms with Crippen molar-refractivity contribution < 1.29 is 21.6 Å². The molecule has 3 N–H and O–H groups in total. The van der Waals surface area contributed by atoms with E-state index in [1.54, 1.807) is 0 Å². The highest BCUT2D eigenvalue weighted by molar-refractivity contribution is 7.89. The van der Waals surface area contributed by atoms with Gasteiger partial charge in [-0.3, -0.25) is 0 Å². The third-order valence-corrected chi connectivity index (χ3v) is 3.04. The molecule has 0 spiro atoms. The molecule has 0 saturated heterocycles. The van der Waals surface area contributed by atoms with Crippen molar-refractivity contribution in [3.63, 3.8) is 0 Å². The zero-order chi connectivity index (χ0) is 13.8. The summed E-state index contributed by atoms with van der Waals surface area (Å²) in [5, 5.41) is 7.50. The van der Waals surface area contributed by atoms with Gasteiger partial charge in [0.15, 0.2) is 11.6 Å². The lowest BCUT2D eigenvalue weighted by Gasteiger charge is -2.06. The molecule has 0 bridgehead atoms. The van der Waals surface area contributed by atoms with Crippen LogP contribution in [0.4, 0.5) is 13.2 Å². The Hall–Kier alpha value is -1.12. The molecule has 0 amide bonds. The molecule has 4 nitrogen and oxygen atoms in total. The lowest BCUT2D eigenvalue weighted by molar-refractivity contribution is 0.486. The van der Waals surface area contributed by atoms with Crippen LogP contribution in [-0.4, -0.2) is 20.7 Å². The predicted molar refractivity (Wildman–Crippen MR) is 60.6 cm³/mol. The first-order valence-corrected chi connectivity index (χ1v) is 6.86. The first kappa shape index (κ1) is 14.9. The molecule has 0 heterocycles. The first-order chi connectivity index (χ1) is 8.29. The Kier molecular flexibility index (Phi) is 5.12. The standard InChI is InChI=1S/C10H13F3N2O2S/c11-8-5-10(13)9(12)4-7(8)6-15-2-1-3-18(14,16)17/h4-5,15H,1-3,6H2,(H2,14,16,17). The molecule has 1 rings (SSSR count). The van der Waals surface area contributed by atoms with Crippen molar-refractivity contribution in [1.29, 1.82) is 0 Å². The molecule has 1 aromatic carbocycles. The smallest absolute Gasteiger partial charge is 0.209 e. The van der Waals surface area contributed by atoms with Crippen LogP contribution in [0.5, 0.6) is 0 Å². The van der Waals surface area contributed by atoms with Crippen molar-refractivity contribution in [2.45, 2.75) is 13.0 Å². The first-order valence-electron chi connectivity index (χ1n) is 5.14. The Morgan fingerprint density at radius 1 is 1.11 bits per heavy atom. The van der Waals surface area contributed by atoms with Gasteiger partial charge in [0.1, 0.15) is 5.82 Å². The van der Waals surface area contributed by atoms with E-state index in [4.69, 9.17) is 5.14 Å². The minimum atomic E-state index is -3.51. The van der Waals surface area contributed by atoms with Gasteiger partial charge in [0.2, 0.25) is 10.0 Å². The molecule has 0 fully saturated rings. The lowest BCUT2D eigenvalue weighted by Crippen LogP contribution is -2.22. The molecule has 8 heteroatoms. The van der Waals surface area contributed by atoms with Crippen molar-refractivity contribution in [1.82, 2.24) is 5.32 Å². The van der Waals surface area contributed by atoms with E-state index in [9.17, 15) is 21.6 Å². The van der Waals surface area contributed by atoms with Crippen molar-refractivity contribution in [2.24, 2.45) is 5.14 Å². The molecule has 0 unspecified atom stereocenters. The van der Waals surface area contributed by atoms with Gasteiger partial charge in [0.25, 0.3) is 0 Å². The molecule has 0 aliphatic carbocycles. The summed E-state index contributed by atoms with van der Waals surface area (Å²) >= 11 is 0. The number of rotatable bonds is 6. The Morgan fingerprint density at radius 2 is 1.72 bits per heavy atom. The van der Waals surface area contributed by atoms with E-state index in [1.807, 2.05) is 0 Å². The van der Waals surface area contributed by atoms with Crippen LogP contribution in [0, 0.1) is 17.5 Å². The quantitative estimate of drug-likeness (QED) is 0.601. The predicted octanol–water partition coefficient (Wildman–Crippen LogP) is 0.872. The molecule has 0 atom stereocenters. The summed E-state index contributed by atoms with van der Waals surface area (Å²) < 4.78 is 59.8. The number of halogens is 3. The second-order valence-electron chi connectivity index (χ2n) is 3.76. The van der Waals surface area contributed by atoms with Gasteiger partial charge in [-0.25, -0.2) is 26.7 Å². The molecule has 0 aromatic heterocycles. The number of nitrogens with one attached hydrogen (secondary N) is 1. The molecule has 0 aliphatic heterocycles. The van der Waals surface area contributed by atoms with Crippen molar-refractivity contribution in [2.75, 3.05) is 12.3 Å². The Morgan fingerprint density at radius 3 is 2.33 bits per heavy atom. The SMILES string of the molecule is NS(=O)(=O)CCCNCc1cc(F)c(F)cc1F. The zero-order valence-electron chi connectivity index (χ0n) is 9.42. The molecule has 18 heavy (non-hydrogen) atoms. The van der Waals surface area contributed by atoms with Gasteiger partial charge in [0, 0.05) is 18.2 Å². The summed E-state index contributed by atoms with van der Waals surface area (Å²) in [5.41, 5.74) is -0.0236. The molecule has 102 valence electrons. The largest absolute Gasteiger partial charge is 0.313 e. The van der Waals surface area contributed by atoms with Crippen molar-refractivity contribution in [3.05, 3.63) is 35.1 Å². The summed E-state index contributed by atoms with van der Waals surface area (Å²) in [4.78, 5) is 0. The van der Waals surface area contributed by atoms with Gasteiger partial charge in [0.05, 0.1) is 5.75 Å². The highest BCUT2D eigenvalue weighted by atomic mass is 32.2. The maximum Gasteiger partial charge on any atom is 0.209 e. The van der Waals surface area contributed by atoms with Crippen LogP contribution in [0.1, 0.15) is 12.0 Å². The van der Waals surface area contributed by atoms with Crippen LogP contribution >= 0.6 is 0 Å². The average Bonchev–Trinajstić information content (AvgIpc) is 2.23. The number of nitrogens with two attached hydrogens (primary N) is 1. The maximum absolute atomic E-state index is 13.2. The minimum absolute atomic E-state index is 0.0202. The summed E-state index contributed by atoms with van der Waals surface area (Å²) in [6.07, 6.45) is 0.254. The Bertz CT molecular complexity index is 520. The molecule has 0 radical (unpaired) electrons. The monoisotopic (exact) mass is 282 g/mol. The second kappa shape index (κ2) is 6.17. The number of primary sulfonamides is 1. The van der Waals surface area contributed by atoms with E-state index in [-0.39, 0.29) is 30.8 Å². The summed E-state index contributed by atoms with van der Waals surface area (Å²) in [6.45, 7) is 0.252. The van der Waals surface area contributed by atoms with Gasteiger partial charge < -0.3 is 5.32 Å². The van der Waals surface area contributed by atoms with Crippen LogP contribution in [0.2, 0.25) is 0 Å². The van der Waals surface area contributed by atoms with E-state index >= 15 is 0 Å². The fourth-order valence-electron chi connectivity index (χ4n) is 1.32. The number of benzene rings is 1. The van der Waals surface area contributed by atoms with Crippen LogP contribution in [0.15, 0.2) is 12.1 Å². The fraction of sp³-hybridized carbons (Fsp3) is 0.400. The number of hydrogen-bond donors (Lipinski definition) is 2. The van der Waals surface area contributed by atoms with E-state index in [0.717, 1.165) is 6.07 Å². The molecular formula is C10H13F3N2O2S. The van der Waals surface area contributed by atoms with Gasteiger partial charge >= 0.3 is 0 Å². The summed E-state index contributed by atoms with van der Waals surface area (Å²) in [6, 6.07) is 1.23. The van der Waals surface area contributed by atoms with E-state index < -0.39 is 27.5 Å². The van der Waals surface area contributed by atoms with Crippen LogP contribution in [0.3, 0.4) is 0 Å². The van der Waals surface area contributed by atoms with Crippen molar-refractivity contribution in [3.8, 4) is 0 Å². The molecule has 0 aliphatic rings. The third kappa shape index (κ3) is 5.03. The Labute approximate surface area is 103 Å². The highest BCUT2D eigenvalue weighted by Crippen LogP contribution is 2.13. The second-order valence-corrected chi connectivity index (χ2v) is 5.49. The molecular weight excluding hydrogens is 269 g/mol. The maximum atomic E-state index is 13.2. The van der Waals surface area contributed by atoms with Gasteiger partial charge in [-0.15, -0.1) is 0 Å². The zero-order valence-corrected chi connectivity index (χ0v) is 10.2. The van der Waals surface area contributed by atoms with Crippen LogP contribution in [0.25, 0.3) is 0 Å². The van der Waals surface area contributed by atoms with Gasteiger partial charge in [-0.1, -0.05) is 0 Å². The Balaban J connectivity index is 2.43. The fourth-order valence-corrected chi connectivity index (χ4v) is 1.87. The molecule has 0 saturated carbocycles. The van der Waals surface area contributed by atoms with Gasteiger partial charge in [-0.05, 0) is 19.0 Å². The van der Waals surface area contributed by atoms with E-state index in [0.29, 0.717) is 6.07 Å². The number of hydrogen-bond acceptors (Lipinski definition) is 3. The van der Waals surface area contributed by atoms with Crippen LogP contribution in [-0.2, 0) is 16.6 Å². The molecule has 1 aromatic rings. The summed E-state index contributed by atoms with van der Waals surface area (Å²) in [7, 11) is -3.51. The van der Waals surface area contributed by atoms with E-state index in [1.165, 1.54) is 0 Å². The van der Waals surface area contributed by atoms with Crippen LogP contribution < -0.4 is 10.5 Å². The third-order valence-electron chi connectivity index (χ3n) is 2.19. The van der Waals surface area contributed by atoms with Gasteiger partial charge in [-0.2, -0.15) is 0 Å². The average molecular weight is 282 g/mol. The lowest BCUT2D eigenvalue weighted by atomic mass is 10.2. The topological polar surface area (TPSA) is 72.2 Å². The highest BCUT2D eigenvalue weighted by Gasteiger charge is 2.09. The summed E-state index contributed by atoms with van der Waals surface area (Å²) in [5.74, 6) is -3.42. The van der Waals surface area contributed by atoms with E-state index in [2.05, 4.69) is 5.32 Å².